The van der Waals surface area contributed by atoms with Gasteiger partial charge in [-0.15, -0.1) is 0 Å². The van der Waals surface area contributed by atoms with Crippen LogP contribution in [0.25, 0.3) is 11.0 Å². The van der Waals surface area contributed by atoms with Gasteiger partial charge in [0, 0.05) is 0 Å². The van der Waals surface area contributed by atoms with Crippen LogP contribution in [0.1, 0.15) is 59.9 Å². The molecule has 27 heavy (non-hydrogen) atoms. The van der Waals surface area contributed by atoms with E-state index in [1.165, 1.54) is 0 Å². The molecule has 1 amide bonds. The van der Waals surface area contributed by atoms with Crippen LogP contribution in [0.4, 0.5) is 4.79 Å². The number of rotatable bonds is 5. The molecule has 0 aliphatic carbocycles. The van der Waals surface area contributed by atoms with Crippen LogP contribution in [0.5, 0.6) is 0 Å². The summed E-state index contributed by atoms with van der Waals surface area (Å²) in [5.41, 5.74) is 6.95. The Hall–Kier alpha value is -2.06. The topological polar surface area (TPSA) is 99.5 Å². The summed E-state index contributed by atoms with van der Waals surface area (Å²) in [6.45, 7) is 12.2. The van der Waals surface area contributed by atoms with Gasteiger partial charge in [-0.25, -0.2) is 9.78 Å². The highest BCUT2D eigenvalue weighted by atomic mass is 16.7. The Kier molecular flexibility index (Phi) is 4.99. The van der Waals surface area contributed by atoms with E-state index >= 15 is 0 Å². The Morgan fingerprint density at radius 2 is 1.89 bits per heavy atom. The summed E-state index contributed by atoms with van der Waals surface area (Å²) in [4.78, 5) is 19.1. The quantitative estimate of drug-likeness (QED) is 0.785. The van der Waals surface area contributed by atoms with Crippen LogP contribution < -0.4 is 11.2 Å². The van der Waals surface area contributed by atoms with Crippen LogP contribution in [0.2, 0.25) is 0 Å². The number of aromatic amines is 1. The molecule has 3 N–H and O–H groups in total. The lowest BCUT2D eigenvalue weighted by Crippen LogP contribution is -2.41. The Morgan fingerprint density at radius 1 is 1.26 bits per heavy atom. The van der Waals surface area contributed by atoms with Crippen molar-refractivity contribution in [2.75, 3.05) is 0 Å². The number of nitrogens with one attached hydrogen (secondary N) is 1. The van der Waals surface area contributed by atoms with Crippen molar-refractivity contribution < 1.29 is 18.8 Å². The Labute approximate surface area is 160 Å². The molecule has 2 aromatic rings. The number of nitrogens with zero attached hydrogens (tertiary/aromatic N) is 1. The molecule has 0 saturated carbocycles. The lowest BCUT2D eigenvalue weighted by Gasteiger charge is -2.32. The van der Waals surface area contributed by atoms with Crippen molar-refractivity contribution in [2.24, 2.45) is 11.7 Å². The van der Waals surface area contributed by atoms with E-state index in [-0.39, 0.29) is 0 Å². The lowest BCUT2D eigenvalue weighted by molar-refractivity contribution is 0.00578. The maximum Gasteiger partial charge on any atom is 0.494 e. The van der Waals surface area contributed by atoms with Crippen LogP contribution in [-0.4, -0.2) is 34.4 Å². The fraction of sp³-hybridized carbons (Fsp3) is 0.579. The van der Waals surface area contributed by atoms with Crippen molar-refractivity contribution in [3.05, 3.63) is 24.0 Å². The molecule has 0 spiro atoms. The summed E-state index contributed by atoms with van der Waals surface area (Å²) in [6, 6.07) is 5.82. The third-order valence-corrected chi connectivity index (χ3v) is 5.30. The molecule has 1 fully saturated rings. The van der Waals surface area contributed by atoms with Gasteiger partial charge in [-0.3, -0.25) is 0 Å². The summed E-state index contributed by atoms with van der Waals surface area (Å²) in [5.74, 6) is 0.909. The van der Waals surface area contributed by atoms with Crippen molar-refractivity contribution >= 4 is 29.7 Å². The van der Waals surface area contributed by atoms with Gasteiger partial charge in [0.25, 0.3) is 0 Å². The van der Waals surface area contributed by atoms with Crippen molar-refractivity contribution in [1.29, 1.82) is 0 Å². The number of carbonyl (C=O) groups excluding carboxylic acids is 1. The van der Waals surface area contributed by atoms with E-state index < -0.39 is 30.5 Å². The molecule has 7 nitrogen and oxygen atoms in total. The lowest BCUT2D eigenvalue weighted by atomic mass is 9.79. The van der Waals surface area contributed by atoms with Gasteiger partial charge in [0.05, 0.1) is 22.2 Å². The smallest absolute Gasteiger partial charge is 0.438 e. The molecule has 1 aliphatic heterocycles. The highest BCUT2D eigenvalue weighted by Gasteiger charge is 2.51. The molecule has 146 valence electrons. The number of carbonyl (C=O) groups is 1. The van der Waals surface area contributed by atoms with E-state index in [0.29, 0.717) is 18.2 Å². The number of imidazole rings is 1. The van der Waals surface area contributed by atoms with Gasteiger partial charge in [0.15, 0.2) is 6.10 Å². The zero-order chi connectivity index (χ0) is 20.0. The first kappa shape index (κ1) is 19.7. The van der Waals surface area contributed by atoms with Crippen molar-refractivity contribution in [1.82, 2.24) is 9.97 Å². The Morgan fingerprint density at radius 3 is 2.44 bits per heavy atom. The first-order valence-corrected chi connectivity index (χ1v) is 9.30. The van der Waals surface area contributed by atoms with Crippen molar-refractivity contribution in [2.45, 2.75) is 65.3 Å². The fourth-order valence-corrected chi connectivity index (χ4v) is 3.11. The van der Waals surface area contributed by atoms with Crippen LogP contribution in [0.3, 0.4) is 0 Å². The van der Waals surface area contributed by atoms with Crippen LogP contribution >= 0.6 is 0 Å². The largest absolute Gasteiger partial charge is 0.494 e. The van der Waals surface area contributed by atoms with E-state index in [1.54, 1.807) is 0 Å². The van der Waals surface area contributed by atoms with Crippen LogP contribution in [0.15, 0.2) is 18.2 Å². The van der Waals surface area contributed by atoms with Gasteiger partial charge in [-0.2, -0.15) is 0 Å². The summed E-state index contributed by atoms with van der Waals surface area (Å²) in [5, 5.41) is 0. The molecule has 8 heteroatoms. The molecular weight excluding hydrogens is 345 g/mol. The van der Waals surface area contributed by atoms with E-state index in [9.17, 15) is 4.79 Å². The van der Waals surface area contributed by atoms with E-state index in [2.05, 4.69) is 23.8 Å². The normalized spacial score (nSPS) is 19.6. The van der Waals surface area contributed by atoms with Crippen molar-refractivity contribution in [3.63, 3.8) is 0 Å². The maximum absolute atomic E-state index is 11.3. The number of amides is 1. The average Bonchev–Trinajstić information content (AvgIpc) is 3.03. The number of nitrogens with two attached hydrogens (primary N) is 1. The Bertz CT molecular complexity index is 831. The number of hydrogen-bond acceptors (Lipinski definition) is 5. The average molecular weight is 373 g/mol. The number of aromatic nitrogens is 2. The number of benzene rings is 1. The predicted molar refractivity (Wildman–Crippen MR) is 105 cm³/mol. The minimum absolute atomic E-state index is 0.322. The molecule has 1 aliphatic rings. The summed E-state index contributed by atoms with van der Waals surface area (Å²) < 4.78 is 17.5. The fourth-order valence-electron chi connectivity index (χ4n) is 3.11. The van der Waals surface area contributed by atoms with Gasteiger partial charge in [-0.1, -0.05) is 19.9 Å². The van der Waals surface area contributed by atoms with Crippen molar-refractivity contribution in [3.8, 4) is 0 Å². The Balaban J connectivity index is 1.90. The van der Waals surface area contributed by atoms with Gasteiger partial charge in [-0.05, 0) is 57.6 Å². The number of H-pyrrole nitrogens is 1. The molecule has 1 aromatic heterocycles. The first-order chi connectivity index (χ1) is 12.5. The minimum Gasteiger partial charge on any atom is -0.438 e. The minimum atomic E-state index is -0.806. The zero-order valence-corrected chi connectivity index (χ0v) is 16.8. The molecule has 2 heterocycles. The molecule has 1 atom stereocenters. The monoisotopic (exact) mass is 373 g/mol. The highest BCUT2D eigenvalue weighted by Crippen LogP contribution is 2.36. The number of fused-ring (bicyclic) bond motifs is 1. The molecule has 0 bridgehead atoms. The SMILES string of the molecule is CC(C)CC(OC(N)=O)c1nc2ccc(B3OC(C)(C)C(C)(C)O3)cc2[nH]1. The van der Waals surface area contributed by atoms with Gasteiger partial charge in [0.2, 0.25) is 0 Å². The number of primary amides is 1. The summed E-state index contributed by atoms with van der Waals surface area (Å²) >= 11 is 0. The van der Waals surface area contributed by atoms with E-state index in [4.69, 9.17) is 19.8 Å². The van der Waals surface area contributed by atoms with Crippen LogP contribution in [-0.2, 0) is 14.0 Å². The molecular formula is C19H28BN3O4. The number of ether oxygens (including phenoxy) is 1. The molecule has 0 radical (unpaired) electrons. The van der Waals surface area contributed by atoms with E-state index in [1.807, 2.05) is 45.9 Å². The van der Waals surface area contributed by atoms with Crippen LogP contribution in [0, 0.1) is 5.92 Å². The zero-order valence-electron chi connectivity index (χ0n) is 16.8. The molecule has 3 rings (SSSR count). The maximum atomic E-state index is 11.3. The summed E-state index contributed by atoms with van der Waals surface area (Å²) in [7, 11) is -0.445. The number of hydrogen-bond donors (Lipinski definition) is 2. The van der Waals surface area contributed by atoms with Gasteiger partial charge < -0.3 is 24.8 Å². The predicted octanol–water partition coefficient (Wildman–Crippen LogP) is 3.04. The second kappa shape index (κ2) is 6.84. The summed E-state index contributed by atoms with van der Waals surface area (Å²) in [6.07, 6.45) is -0.679. The highest BCUT2D eigenvalue weighted by molar-refractivity contribution is 6.62. The molecule has 1 aromatic carbocycles. The first-order valence-electron chi connectivity index (χ1n) is 9.30. The standard InChI is InChI=1S/C19H28BN3O4/c1-11(2)9-15(25-17(21)24)16-22-13-8-7-12(10-14(13)23-16)20-26-18(3,4)19(5,6)27-20/h7-8,10-11,15H,9H2,1-6H3,(H2,21,24)(H,22,23). The van der Waals surface area contributed by atoms with Gasteiger partial charge in [0.1, 0.15) is 5.82 Å². The van der Waals surface area contributed by atoms with Gasteiger partial charge >= 0.3 is 13.2 Å². The molecule has 1 unspecified atom stereocenters. The second-order valence-electron chi connectivity index (χ2n) is 8.54. The molecule has 1 saturated heterocycles. The third kappa shape index (κ3) is 3.96. The second-order valence-corrected chi connectivity index (χ2v) is 8.54. The van der Waals surface area contributed by atoms with E-state index in [0.717, 1.165) is 16.5 Å². The third-order valence-electron chi connectivity index (χ3n) is 5.30.